The van der Waals surface area contributed by atoms with Crippen LogP contribution in [0.25, 0.3) is 0 Å². The fraction of sp³-hybridized carbons (Fsp3) is 0.625. The molecule has 1 N–H and O–H groups in total. The quantitative estimate of drug-likeness (QED) is 0.559. The molecule has 60 valence electrons. The first-order chi connectivity index (χ1) is 5.36. The second kappa shape index (κ2) is 2.57. The molecule has 2 rings (SSSR count). The molecule has 1 fully saturated rings. The highest BCUT2D eigenvalue weighted by molar-refractivity contribution is 5.94. The van der Waals surface area contributed by atoms with Gasteiger partial charge < -0.3 is 10.1 Å². The van der Waals surface area contributed by atoms with E-state index in [0.717, 1.165) is 18.9 Å². The summed E-state index contributed by atoms with van der Waals surface area (Å²) in [5.74, 6) is 1.47. The Morgan fingerprint density at radius 2 is 2.64 bits per heavy atom. The van der Waals surface area contributed by atoms with Crippen molar-refractivity contribution >= 4 is 5.90 Å². The Morgan fingerprint density at radius 1 is 1.73 bits per heavy atom. The van der Waals surface area contributed by atoms with Crippen LogP contribution in [0, 0.1) is 5.92 Å². The van der Waals surface area contributed by atoms with Crippen LogP contribution in [0.4, 0.5) is 0 Å². The van der Waals surface area contributed by atoms with Crippen molar-refractivity contribution in [2.45, 2.75) is 13.3 Å². The van der Waals surface area contributed by atoms with Gasteiger partial charge in [-0.2, -0.15) is 0 Å². The normalized spacial score (nSPS) is 29.0. The summed E-state index contributed by atoms with van der Waals surface area (Å²) in [7, 11) is 0. The smallest absolute Gasteiger partial charge is 0.215 e. The van der Waals surface area contributed by atoms with Crippen molar-refractivity contribution in [2.75, 3.05) is 13.3 Å². The number of aliphatic imine (C=N–C) groups is 1. The van der Waals surface area contributed by atoms with Gasteiger partial charge in [-0.3, -0.25) is 0 Å². The minimum absolute atomic E-state index is 0.625. The van der Waals surface area contributed by atoms with Gasteiger partial charge in [0.2, 0.25) is 5.90 Å². The Balaban J connectivity index is 2.16. The molecule has 2 aliphatic rings. The van der Waals surface area contributed by atoms with Gasteiger partial charge >= 0.3 is 0 Å². The van der Waals surface area contributed by atoms with Gasteiger partial charge in [-0.05, 0) is 12.3 Å². The van der Waals surface area contributed by atoms with Crippen LogP contribution in [0.3, 0.4) is 0 Å². The predicted octanol–water partition coefficient (Wildman–Crippen LogP) is 0.886. The van der Waals surface area contributed by atoms with E-state index in [0.29, 0.717) is 12.6 Å². The molecule has 0 radical (unpaired) electrons. The first-order valence-electron chi connectivity index (χ1n) is 3.96. The molecule has 0 saturated carbocycles. The average molecular weight is 152 g/mol. The molecule has 3 nitrogen and oxygen atoms in total. The number of nitrogens with zero attached hydrogens (tertiary/aromatic N) is 1. The summed E-state index contributed by atoms with van der Waals surface area (Å²) >= 11 is 0. The second-order valence-electron chi connectivity index (χ2n) is 3.12. The zero-order chi connectivity index (χ0) is 7.68. The number of rotatable bonds is 0. The molecule has 0 amide bonds. The van der Waals surface area contributed by atoms with Crippen molar-refractivity contribution in [2.24, 2.45) is 10.9 Å². The summed E-state index contributed by atoms with van der Waals surface area (Å²) in [6, 6.07) is 0. The lowest BCUT2D eigenvalue weighted by Crippen LogP contribution is -2.28. The summed E-state index contributed by atoms with van der Waals surface area (Å²) in [5, 5.41) is 3.07. The summed E-state index contributed by atoms with van der Waals surface area (Å²) < 4.78 is 5.44. The summed E-state index contributed by atoms with van der Waals surface area (Å²) in [6.07, 6.45) is 3.10. The average Bonchev–Trinajstić information content (AvgIpc) is 2.04. The molecule has 0 aromatic carbocycles. The third kappa shape index (κ3) is 1.23. The van der Waals surface area contributed by atoms with Gasteiger partial charge in [-0.15, -0.1) is 0 Å². The summed E-state index contributed by atoms with van der Waals surface area (Å²) in [6.45, 7) is 3.66. The summed E-state index contributed by atoms with van der Waals surface area (Å²) in [4.78, 5) is 4.20. The minimum atomic E-state index is 0.625. The van der Waals surface area contributed by atoms with Crippen LogP contribution in [-0.2, 0) is 4.74 Å². The molecule has 1 atom stereocenters. The SMILES string of the molecule is CC1COC2=NCNC=C2C1. The van der Waals surface area contributed by atoms with E-state index >= 15 is 0 Å². The lowest BCUT2D eigenvalue weighted by atomic mass is 9.99. The molecule has 0 aromatic rings. The van der Waals surface area contributed by atoms with E-state index < -0.39 is 0 Å². The highest BCUT2D eigenvalue weighted by atomic mass is 16.5. The maximum absolute atomic E-state index is 5.44. The molecule has 0 bridgehead atoms. The number of ether oxygens (including phenoxy) is 1. The van der Waals surface area contributed by atoms with Gasteiger partial charge in [0.05, 0.1) is 6.61 Å². The molecule has 1 saturated heterocycles. The molecular formula is C8H12N2O. The Labute approximate surface area is 66.2 Å². The number of nitrogens with one attached hydrogen (secondary N) is 1. The number of fused-ring (bicyclic) bond motifs is 1. The molecule has 0 spiro atoms. The van der Waals surface area contributed by atoms with E-state index in [1.807, 2.05) is 6.20 Å². The molecule has 0 aliphatic carbocycles. The third-order valence-electron chi connectivity index (χ3n) is 1.94. The zero-order valence-electron chi connectivity index (χ0n) is 6.63. The zero-order valence-corrected chi connectivity index (χ0v) is 6.63. The van der Waals surface area contributed by atoms with Crippen LogP contribution in [0.1, 0.15) is 13.3 Å². The Hall–Kier alpha value is -0.990. The van der Waals surface area contributed by atoms with Crippen LogP contribution in [0.15, 0.2) is 16.8 Å². The van der Waals surface area contributed by atoms with E-state index in [4.69, 9.17) is 4.74 Å². The van der Waals surface area contributed by atoms with Crippen LogP contribution >= 0.6 is 0 Å². The van der Waals surface area contributed by atoms with Crippen molar-refractivity contribution in [3.63, 3.8) is 0 Å². The maximum atomic E-state index is 5.44. The maximum Gasteiger partial charge on any atom is 0.215 e. The van der Waals surface area contributed by atoms with Crippen LogP contribution < -0.4 is 5.32 Å². The molecule has 11 heavy (non-hydrogen) atoms. The Morgan fingerprint density at radius 3 is 3.55 bits per heavy atom. The van der Waals surface area contributed by atoms with Crippen LogP contribution in [-0.4, -0.2) is 19.2 Å². The van der Waals surface area contributed by atoms with Gasteiger partial charge in [-0.1, -0.05) is 6.92 Å². The van der Waals surface area contributed by atoms with Crippen molar-refractivity contribution in [3.8, 4) is 0 Å². The molecule has 2 aliphatic heterocycles. The largest absolute Gasteiger partial charge is 0.477 e. The van der Waals surface area contributed by atoms with Gasteiger partial charge in [0.1, 0.15) is 6.67 Å². The van der Waals surface area contributed by atoms with Crippen molar-refractivity contribution in [3.05, 3.63) is 11.8 Å². The third-order valence-corrected chi connectivity index (χ3v) is 1.94. The summed E-state index contributed by atoms with van der Waals surface area (Å²) in [5.41, 5.74) is 1.22. The van der Waals surface area contributed by atoms with E-state index in [9.17, 15) is 0 Å². The highest BCUT2D eigenvalue weighted by Crippen LogP contribution is 2.20. The van der Waals surface area contributed by atoms with Crippen molar-refractivity contribution in [1.82, 2.24) is 5.32 Å². The van der Waals surface area contributed by atoms with Crippen LogP contribution in [0.2, 0.25) is 0 Å². The van der Waals surface area contributed by atoms with Gasteiger partial charge in [-0.25, -0.2) is 4.99 Å². The minimum Gasteiger partial charge on any atom is -0.477 e. The van der Waals surface area contributed by atoms with Gasteiger partial charge in [0.15, 0.2) is 0 Å². The first kappa shape index (κ1) is 6.70. The van der Waals surface area contributed by atoms with E-state index in [2.05, 4.69) is 17.2 Å². The highest BCUT2D eigenvalue weighted by Gasteiger charge is 2.21. The molecular weight excluding hydrogens is 140 g/mol. The standard InChI is InChI=1S/C8H12N2O/c1-6-2-7-3-9-5-10-8(7)11-4-6/h3,6,9H,2,4-5H2,1H3. The lowest BCUT2D eigenvalue weighted by molar-refractivity contribution is 0.224. The molecule has 3 heteroatoms. The van der Waals surface area contributed by atoms with Gasteiger partial charge in [0.25, 0.3) is 0 Å². The second-order valence-corrected chi connectivity index (χ2v) is 3.12. The van der Waals surface area contributed by atoms with E-state index in [1.165, 1.54) is 5.57 Å². The first-order valence-corrected chi connectivity index (χ1v) is 3.96. The lowest BCUT2D eigenvalue weighted by Gasteiger charge is -2.25. The van der Waals surface area contributed by atoms with Crippen molar-refractivity contribution < 1.29 is 4.74 Å². The Kier molecular flexibility index (Phi) is 1.56. The van der Waals surface area contributed by atoms with Gasteiger partial charge in [0, 0.05) is 11.8 Å². The monoisotopic (exact) mass is 152 g/mol. The molecule has 0 aromatic heterocycles. The number of hydrogen-bond acceptors (Lipinski definition) is 3. The topological polar surface area (TPSA) is 33.6 Å². The molecule has 2 heterocycles. The number of hydrogen-bond donors (Lipinski definition) is 1. The van der Waals surface area contributed by atoms with Crippen molar-refractivity contribution in [1.29, 1.82) is 0 Å². The predicted molar refractivity (Wildman–Crippen MR) is 43.3 cm³/mol. The fourth-order valence-corrected chi connectivity index (χ4v) is 1.39. The fourth-order valence-electron chi connectivity index (χ4n) is 1.39. The van der Waals surface area contributed by atoms with E-state index in [-0.39, 0.29) is 0 Å². The van der Waals surface area contributed by atoms with Crippen LogP contribution in [0.5, 0.6) is 0 Å². The Bertz CT molecular complexity index is 220. The molecule has 1 unspecified atom stereocenters. The van der Waals surface area contributed by atoms with E-state index in [1.54, 1.807) is 0 Å².